The van der Waals surface area contributed by atoms with Gasteiger partial charge in [-0.05, 0) is 93.3 Å². The maximum atomic E-state index is 14.9. The van der Waals surface area contributed by atoms with Crippen LogP contribution in [0.4, 0.5) is 10.1 Å². The van der Waals surface area contributed by atoms with E-state index in [2.05, 4.69) is 31.9 Å². The Kier molecular flexibility index (Phi) is 11.5. The topological polar surface area (TPSA) is 67.9 Å². The van der Waals surface area contributed by atoms with E-state index in [1.807, 2.05) is 31.2 Å². The second kappa shape index (κ2) is 14.6. The lowest BCUT2D eigenvalue weighted by molar-refractivity contribution is -0.156. The highest BCUT2D eigenvalue weighted by molar-refractivity contribution is 7.80. The lowest BCUT2D eigenvalue weighted by Crippen LogP contribution is -2.59. The molecule has 1 N–H and O–H groups in total. The summed E-state index contributed by atoms with van der Waals surface area (Å²) in [6.45, 7) is 16.1. The van der Waals surface area contributed by atoms with E-state index in [9.17, 15) is 14.0 Å². The van der Waals surface area contributed by atoms with Crippen molar-refractivity contribution in [1.29, 1.82) is 0 Å². The first-order chi connectivity index (χ1) is 22.3. The summed E-state index contributed by atoms with van der Waals surface area (Å²) >= 11 is 18.7. The van der Waals surface area contributed by atoms with Crippen LogP contribution in [0.25, 0.3) is 0 Å². The highest BCUT2D eigenvalue weighted by atomic mass is 35.5. The van der Waals surface area contributed by atoms with Crippen LogP contribution in [0, 0.1) is 12.7 Å². The van der Waals surface area contributed by atoms with Gasteiger partial charge in [0.15, 0.2) is 0 Å². The van der Waals surface area contributed by atoms with E-state index in [0.717, 1.165) is 11.1 Å². The second-order valence-electron chi connectivity index (χ2n) is 14.6. The van der Waals surface area contributed by atoms with E-state index < -0.39 is 42.8 Å². The summed E-state index contributed by atoms with van der Waals surface area (Å²) in [5.74, 6) is -1.73. The Morgan fingerprint density at radius 3 is 2.35 bits per heavy atom. The molecular weight excluding hydrogens is 686 g/mol. The lowest BCUT2D eigenvalue weighted by Gasteiger charge is -2.53. The van der Waals surface area contributed by atoms with E-state index in [4.69, 9.17) is 44.9 Å². The molecule has 5 rings (SSSR count). The van der Waals surface area contributed by atoms with E-state index >= 15 is 0 Å². The summed E-state index contributed by atoms with van der Waals surface area (Å²) in [5.41, 5.74) is 1.82. The molecule has 3 aromatic carbocycles. The number of anilines is 1. The molecule has 1 saturated heterocycles. The molecule has 1 fully saturated rings. The zero-order valence-corrected chi connectivity index (χ0v) is 32.4. The van der Waals surface area contributed by atoms with Gasteiger partial charge in [0, 0.05) is 40.9 Å². The lowest BCUT2D eigenvalue weighted by atomic mass is 9.58. The van der Waals surface area contributed by atoms with Crippen LogP contribution in [-0.4, -0.2) is 54.8 Å². The Morgan fingerprint density at radius 1 is 1.10 bits per heavy atom. The molecule has 0 aromatic heterocycles. The van der Waals surface area contributed by atoms with E-state index in [0.29, 0.717) is 37.6 Å². The summed E-state index contributed by atoms with van der Waals surface area (Å²) in [4.78, 5) is 29.9. The smallest absolute Gasteiger partial charge is 0.326 e. The van der Waals surface area contributed by atoms with E-state index in [1.165, 1.54) is 12.1 Å². The third-order valence-electron chi connectivity index (χ3n) is 9.12. The van der Waals surface area contributed by atoms with Gasteiger partial charge < -0.3 is 19.7 Å². The average Bonchev–Trinajstić information content (AvgIpc) is 3.25. The molecule has 1 spiro atoms. The Hall–Kier alpha value is -2.82. The third-order valence-corrected chi connectivity index (χ3v) is 12.7. The van der Waals surface area contributed by atoms with Gasteiger partial charge in [-0.25, -0.2) is 4.39 Å². The average molecular weight is 732 g/mol. The number of methoxy groups -OCH3 is 1. The normalized spacial score (nSPS) is 21.3. The summed E-state index contributed by atoms with van der Waals surface area (Å²) in [5, 5.41) is 4.02. The summed E-state index contributed by atoms with van der Waals surface area (Å²) in [6.07, 6.45) is 0.277. The predicted octanol–water partition coefficient (Wildman–Crippen LogP) is 9.43. The number of benzene rings is 3. The Bertz CT molecular complexity index is 1710. The maximum Gasteiger partial charge on any atom is 0.326 e. The number of halogens is 3. The van der Waals surface area contributed by atoms with Crippen molar-refractivity contribution in [2.75, 3.05) is 19.0 Å². The SMILES string of the molecule is COC(C)[Si](C)(C)C.Cc1ccc(F)cc1[C@H]1N(CC(=O)OC(C)(C)C)C(=S)C[C@@H](c2cccc(Cl)c2)[C@]12C(=O)Nc1cc(Cl)ccc12. The zero-order valence-electron chi connectivity index (χ0n) is 29.0. The molecule has 48 heavy (non-hydrogen) atoms. The fourth-order valence-corrected chi connectivity index (χ4v) is 7.86. The van der Waals surface area contributed by atoms with Crippen molar-refractivity contribution in [2.45, 2.75) is 89.4 Å². The minimum Gasteiger partial charge on any atom is -0.459 e. The number of esters is 1. The summed E-state index contributed by atoms with van der Waals surface area (Å²) in [7, 11) is 0.798. The van der Waals surface area contributed by atoms with Crippen molar-refractivity contribution >= 4 is 66.0 Å². The summed E-state index contributed by atoms with van der Waals surface area (Å²) < 4.78 is 25.8. The van der Waals surface area contributed by atoms with Gasteiger partial charge in [-0.2, -0.15) is 0 Å². The van der Waals surface area contributed by atoms with Crippen molar-refractivity contribution in [1.82, 2.24) is 4.90 Å². The number of nitrogens with one attached hydrogen (secondary N) is 1. The molecule has 0 radical (unpaired) electrons. The van der Waals surface area contributed by atoms with Gasteiger partial charge in [-0.1, -0.05) is 79.3 Å². The number of hydrogen-bond donors (Lipinski definition) is 1. The van der Waals surface area contributed by atoms with Crippen molar-refractivity contribution in [2.24, 2.45) is 0 Å². The molecule has 6 nitrogen and oxygen atoms in total. The van der Waals surface area contributed by atoms with Crippen LogP contribution in [0.2, 0.25) is 29.7 Å². The number of ether oxygens (including phenoxy) is 2. The highest BCUT2D eigenvalue weighted by Gasteiger charge is 2.63. The molecule has 3 aromatic rings. The zero-order chi connectivity index (χ0) is 35.8. The standard InChI is InChI=1S/C31H29Cl2FN2O3S.C6H16OSi/c1-17-8-10-21(34)14-22(17)28-31(23-11-9-20(33)13-25(23)35-29(31)38)24(18-6-5-7-19(32)12-18)15-26(40)36(28)16-27(37)39-30(2,3)4;1-6(7-2)8(3,4)5/h5-14,24,28H,15-16H2,1-4H3,(H,35,38);6H,1-5H3/t24-,28+,31-;/m0./s1. The Labute approximate surface area is 300 Å². The van der Waals surface area contributed by atoms with Gasteiger partial charge in [0.05, 0.1) is 19.1 Å². The maximum absolute atomic E-state index is 14.9. The van der Waals surface area contributed by atoms with Gasteiger partial charge in [-0.15, -0.1) is 0 Å². The van der Waals surface area contributed by atoms with Gasteiger partial charge in [0.2, 0.25) is 5.91 Å². The largest absolute Gasteiger partial charge is 0.459 e. The molecule has 0 saturated carbocycles. The molecule has 1 unspecified atom stereocenters. The van der Waals surface area contributed by atoms with Crippen molar-refractivity contribution in [3.63, 3.8) is 0 Å². The molecule has 1 amide bonds. The third kappa shape index (κ3) is 7.97. The number of carbonyl (C=O) groups excluding carboxylic acids is 2. The van der Waals surface area contributed by atoms with Gasteiger partial charge in [-0.3, -0.25) is 9.59 Å². The van der Waals surface area contributed by atoms with Crippen LogP contribution in [0.3, 0.4) is 0 Å². The van der Waals surface area contributed by atoms with Gasteiger partial charge >= 0.3 is 5.97 Å². The Balaban J connectivity index is 0.000000579. The number of hydrogen-bond acceptors (Lipinski definition) is 5. The van der Waals surface area contributed by atoms with Crippen molar-refractivity contribution in [3.05, 3.63) is 98.8 Å². The number of piperidine rings is 1. The van der Waals surface area contributed by atoms with Crippen LogP contribution in [0.15, 0.2) is 60.7 Å². The number of likely N-dealkylation sites (tertiary alicyclic amines) is 1. The monoisotopic (exact) mass is 730 g/mol. The predicted molar refractivity (Wildman–Crippen MR) is 199 cm³/mol. The first-order valence-electron chi connectivity index (χ1n) is 16.0. The van der Waals surface area contributed by atoms with Crippen LogP contribution in [0.1, 0.15) is 68.3 Å². The summed E-state index contributed by atoms with van der Waals surface area (Å²) in [6, 6.07) is 16.2. The molecule has 11 heteroatoms. The number of fused-ring (bicyclic) bond motifs is 2. The quantitative estimate of drug-likeness (QED) is 0.155. The molecule has 2 aliphatic heterocycles. The van der Waals surface area contributed by atoms with Crippen molar-refractivity contribution in [3.8, 4) is 0 Å². The molecule has 4 atom stereocenters. The first kappa shape index (κ1) is 38.0. The van der Waals surface area contributed by atoms with Gasteiger partial charge in [0.1, 0.15) is 23.4 Å². The molecule has 2 heterocycles. The number of aryl methyl sites for hydroxylation is 1. The number of carbonyl (C=O) groups is 2. The van der Waals surface area contributed by atoms with Crippen LogP contribution < -0.4 is 5.32 Å². The van der Waals surface area contributed by atoms with Crippen LogP contribution >= 0.6 is 35.4 Å². The number of amides is 1. The van der Waals surface area contributed by atoms with Crippen LogP contribution in [0.5, 0.6) is 0 Å². The number of thiocarbonyl (C=S) groups is 1. The molecule has 258 valence electrons. The van der Waals surface area contributed by atoms with E-state index in [-0.39, 0.29) is 18.9 Å². The molecule has 0 bridgehead atoms. The van der Waals surface area contributed by atoms with Crippen molar-refractivity contribution < 1.29 is 23.5 Å². The van der Waals surface area contributed by atoms with Crippen LogP contribution in [-0.2, 0) is 24.5 Å². The molecular formula is C37H45Cl2FN2O4SSi. The Morgan fingerprint density at radius 2 is 1.77 bits per heavy atom. The first-order valence-corrected chi connectivity index (χ1v) is 20.7. The highest BCUT2D eigenvalue weighted by Crippen LogP contribution is 2.60. The fraction of sp³-hybridized carbons (Fsp3) is 0.432. The number of rotatable bonds is 6. The van der Waals surface area contributed by atoms with E-state index in [1.54, 1.807) is 57.0 Å². The minimum absolute atomic E-state index is 0.211. The molecule has 2 aliphatic rings. The number of nitrogens with zero attached hydrogens (tertiary/aromatic N) is 1. The second-order valence-corrected chi connectivity index (χ2v) is 21.5. The molecule has 0 aliphatic carbocycles. The minimum atomic E-state index is -1.31. The fourth-order valence-electron chi connectivity index (χ4n) is 6.45. The van der Waals surface area contributed by atoms with Gasteiger partial charge in [0.25, 0.3) is 0 Å².